The maximum atomic E-state index is 13.6. The third-order valence-electron chi connectivity index (χ3n) is 3.77. The van der Waals surface area contributed by atoms with E-state index in [0.29, 0.717) is 18.1 Å². The number of ketones is 1. The molecule has 1 unspecified atom stereocenters. The van der Waals surface area contributed by atoms with Crippen molar-refractivity contribution in [3.63, 3.8) is 0 Å². The summed E-state index contributed by atoms with van der Waals surface area (Å²) in [6.45, 7) is 6.06. The van der Waals surface area contributed by atoms with E-state index in [1.54, 1.807) is 24.3 Å². The van der Waals surface area contributed by atoms with Crippen molar-refractivity contribution in [3.05, 3.63) is 65.0 Å². The maximum Gasteiger partial charge on any atom is 0.211 e. The lowest BCUT2D eigenvalue weighted by atomic mass is 9.99. The number of rotatable bonds is 7. The summed E-state index contributed by atoms with van der Waals surface area (Å²) in [5, 5.41) is 2.45. The number of nitrogens with one attached hydrogen (secondary N) is 1. The van der Waals surface area contributed by atoms with Crippen LogP contribution in [0.5, 0.6) is 0 Å². The van der Waals surface area contributed by atoms with Crippen molar-refractivity contribution >= 4 is 17.9 Å². The number of halogens is 1. The summed E-state index contributed by atoms with van der Waals surface area (Å²) in [6, 6.07) is 11.2. The number of carbonyl (C=O) groups is 2. The molecule has 0 saturated carbocycles. The summed E-state index contributed by atoms with van der Waals surface area (Å²) in [4.78, 5) is 22.9. The number of benzene rings is 2. The molecular formula is C21H27FN2O2. The van der Waals surface area contributed by atoms with E-state index in [1.165, 1.54) is 37.5 Å². The van der Waals surface area contributed by atoms with Gasteiger partial charge in [0.1, 0.15) is 5.82 Å². The highest BCUT2D eigenvalue weighted by Crippen LogP contribution is 2.22. The fourth-order valence-electron chi connectivity index (χ4n) is 2.35. The first-order valence-corrected chi connectivity index (χ1v) is 8.76. The van der Waals surface area contributed by atoms with Crippen molar-refractivity contribution in [2.45, 2.75) is 46.1 Å². The number of hydrogen-bond acceptors (Lipinski definition) is 3. The van der Waals surface area contributed by atoms with E-state index < -0.39 is 11.6 Å². The molecule has 1 atom stereocenters. The lowest BCUT2D eigenvalue weighted by Gasteiger charge is -2.09. The molecule has 0 spiro atoms. The predicted octanol–water partition coefficient (Wildman–Crippen LogP) is 4.46. The standard InChI is InChI=1S/C15H12FNO2.C6H15N/c1-10-6-7-14(17-9-18)12(8-10)15(19)11-4-2-3-5-13(11)16;1-3-4-5-6(2)7/h2-9H,1H3,(H,17,18);6H,3-5,7H2,1-2H3. The Balaban J connectivity index is 0.000000412. The summed E-state index contributed by atoms with van der Waals surface area (Å²) in [7, 11) is 0. The van der Waals surface area contributed by atoms with Crippen molar-refractivity contribution < 1.29 is 14.0 Å². The highest BCUT2D eigenvalue weighted by molar-refractivity contribution is 6.13. The SMILES string of the molecule is CCCCC(C)N.Cc1ccc(NC=O)c(C(=O)c2ccccc2F)c1. The van der Waals surface area contributed by atoms with E-state index in [1.807, 2.05) is 6.92 Å². The maximum absolute atomic E-state index is 13.6. The summed E-state index contributed by atoms with van der Waals surface area (Å²) < 4.78 is 13.6. The van der Waals surface area contributed by atoms with Crippen LogP contribution >= 0.6 is 0 Å². The van der Waals surface area contributed by atoms with Crippen LogP contribution in [-0.2, 0) is 4.79 Å². The Morgan fingerprint density at radius 3 is 2.46 bits per heavy atom. The second-order valence-corrected chi connectivity index (χ2v) is 6.24. The van der Waals surface area contributed by atoms with E-state index in [-0.39, 0.29) is 11.1 Å². The molecule has 3 N–H and O–H groups in total. The molecule has 0 fully saturated rings. The van der Waals surface area contributed by atoms with Crippen molar-refractivity contribution in [1.82, 2.24) is 0 Å². The van der Waals surface area contributed by atoms with Gasteiger partial charge in [0.25, 0.3) is 0 Å². The first kappa shape index (κ1) is 21.5. The lowest BCUT2D eigenvalue weighted by Crippen LogP contribution is -2.13. The van der Waals surface area contributed by atoms with Gasteiger partial charge in [0.2, 0.25) is 6.41 Å². The largest absolute Gasteiger partial charge is 0.328 e. The van der Waals surface area contributed by atoms with Crippen LogP contribution in [0.1, 0.15) is 54.6 Å². The lowest BCUT2D eigenvalue weighted by molar-refractivity contribution is -0.105. The van der Waals surface area contributed by atoms with Gasteiger partial charge >= 0.3 is 0 Å². The zero-order valence-corrected chi connectivity index (χ0v) is 15.6. The summed E-state index contributed by atoms with van der Waals surface area (Å²) >= 11 is 0. The minimum absolute atomic E-state index is 0.0120. The smallest absolute Gasteiger partial charge is 0.211 e. The summed E-state index contributed by atoms with van der Waals surface area (Å²) in [5.74, 6) is -1.03. The van der Waals surface area contributed by atoms with Gasteiger partial charge in [0.15, 0.2) is 5.78 Å². The number of anilines is 1. The van der Waals surface area contributed by atoms with Crippen LogP contribution in [0.2, 0.25) is 0 Å². The number of carbonyl (C=O) groups excluding carboxylic acids is 2. The molecule has 0 saturated heterocycles. The van der Waals surface area contributed by atoms with Gasteiger partial charge < -0.3 is 11.1 Å². The first-order valence-electron chi connectivity index (χ1n) is 8.76. The van der Waals surface area contributed by atoms with Crippen LogP contribution in [0.4, 0.5) is 10.1 Å². The van der Waals surface area contributed by atoms with Crippen molar-refractivity contribution in [2.24, 2.45) is 5.73 Å². The molecule has 2 aromatic carbocycles. The fourth-order valence-corrected chi connectivity index (χ4v) is 2.35. The Hall–Kier alpha value is -2.53. The predicted molar refractivity (Wildman–Crippen MR) is 104 cm³/mol. The van der Waals surface area contributed by atoms with E-state index >= 15 is 0 Å². The normalized spacial score (nSPS) is 11.1. The minimum atomic E-state index is -0.578. The Kier molecular flexibility index (Phi) is 9.23. The van der Waals surface area contributed by atoms with Gasteiger partial charge in [-0.1, -0.05) is 43.5 Å². The van der Waals surface area contributed by atoms with Gasteiger partial charge in [-0.05, 0) is 44.5 Å². The third-order valence-corrected chi connectivity index (χ3v) is 3.77. The Labute approximate surface area is 154 Å². The van der Waals surface area contributed by atoms with Gasteiger partial charge in [-0.15, -0.1) is 0 Å². The van der Waals surface area contributed by atoms with Crippen LogP contribution in [0, 0.1) is 12.7 Å². The molecular weight excluding hydrogens is 331 g/mol. The Bertz CT molecular complexity index is 730. The number of amides is 1. The zero-order chi connectivity index (χ0) is 19.5. The molecule has 2 rings (SSSR count). The van der Waals surface area contributed by atoms with E-state index in [2.05, 4.69) is 19.2 Å². The molecule has 0 heterocycles. The molecule has 2 aromatic rings. The van der Waals surface area contributed by atoms with Crippen LogP contribution in [-0.4, -0.2) is 18.2 Å². The molecule has 0 aliphatic rings. The molecule has 0 aliphatic heterocycles. The van der Waals surface area contributed by atoms with E-state index in [0.717, 1.165) is 5.56 Å². The highest BCUT2D eigenvalue weighted by atomic mass is 19.1. The van der Waals surface area contributed by atoms with Crippen molar-refractivity contribution in [1.29, 1.82) is 0 Å². The number of nitrogens with two attached hydrogens (primary N) is 1. The molecule has 1 amide bonds. The molecule has 4 nitrogen and oxygen atoms in total. The topological polar surface area (TPSA) is 72.2 Å². The second kappa shape index (κ2) is 11.2. The summed E-state index contributed by atoms with van der Waals surface area (Å²) in [6.07, 6.45) is 4.21. The average Bonchev–Trinajstić information content (AvgIpc) is 2.62. The number of unbranched alkanes of at least 4 members (excludes halogenated alkanes) is 1. The Morgan fingerprint density at radius 2 is 1.92 bits per heavy atom. The molecule has 0 radical (unpaired) electrons. The second-order valence-electron chi connectivity index (χ2n) is 6.24. The third kappa shape index (κ3) is 6.76. The molecule has 5 heteroatoms. The van der Waals surface area contributed by atoms with Crippen molar-refractivity contribution in [2.75, 3.05) is 5.32 Å². The number of aryl methyl sites for hydroxylation is 1. The van der Waals surface area contributed by atoms with E-state index in [4.69, 9.17) is 5.73 Å². The molecule has 0 aromatic heterocycles. The molecule has 0 aliphatic carbocycles. The minimum Gasteiger partial charge on any atom is -0.328 e. The molecule has 0 bridgehead atoms. The summed E-state index contributed by atoms with van der Waals surface area (Å²) in [5.41, 5.74) is 6.97. The quantitative estimate of drug-likeness (QED) is 0.567. The van der Waals surface area contributed by atoms with Gasteiger partial charge in [-0.2, -0.15) is 0 Å². The van der Waals surface area contributed by atoms with Crippen LogP contribution in [0.3, 0.4) is 0 Å². The first-order chi connectivity index (χ1) is 12.4. The van der Waals surface area contributed by atoms with E-state index in [9.17, 15) is 14.0 Å². The van der Waals surface area contributed by atoms with Gasteiger partial charge in [-0.3, -0.25) is 9.59 Å². The van der Waals surface area contributed by atoms with Crippen molar-refractivity contribution in [3.8, 4) is 0 Å². The van der Waals surface area contributed by atoms with Gasteiger partial charge in [-0.25, -0.2) is 4.39 Å². The average molecular weight is 358 g/mol. The highest BCUT2D eigenvalue weighted by Gasteiger charge is 2.17. The van der Waals surface area contributed by atoms with Crippen LogP contribution in [0.25, 0.3) is 0 Å². The van der Waals surface area contributed by atoms with Crippen LogP contribution < -0.4 is 11.1 Å². The monoisotopic (exact) mass is 358 g/mol. The van der Waals surface area contributed by atoms with Gasteiger partial charge in [0.05, 0.1) is 11.3 Å². The molecule has 26 heavy (non-hydrogen) atoms. The van der Waals surface area contributed by atoms with Gasteiger partial charge in [0, 0.05) is 11.6 Å². The number of hydrogen-bond donors (Lipinski definition) is 2. The zero-order valence-electron chi connectivity index (χ0n) is 15.6. The fraction of sp³-hybridized carbons (Fsp3) is 0.333. The molecule has 140 valence electrons. The Morgan fingerprint density at radius 1 is 1.23 bits per heavy atom. The van der Waals surface area contributed by atoms with Crippen LogP contribution in [0.15, 0.2) is 42.5 Å².